The van der Waals surface area contributed by atoms with Gasteiger partial charge >= 0.3 is 6.03 Å². The van der Waals surface area contributed by atoms with Gasteiger partial charge in [0.05, 0.1) is 0 Å². The number of hydrogen-bond donors (Lipinski definition) is 1. The van der Waals surface area contributed by atoms with Gasteiger partial charge in [-0.15, -0.1) is 0 Å². The Balaban J connectivity index is 1.98. The van der Waals surface area contributed by atoms with Crippen LogP contribution in [0.5, 0.6) is 0 Å². The van der Waals surface area contributed by atoms with Crippen LogP contribution in [0.4, 0.5) is 10.5 Å². The van der Waals surface area contributed by atoms with Crippen LogP contribution in [0.2, 0.25) is 5.02 Å². The molecule has 1 unspecified atom stereocenters. The van der Waals surface area contributed by atoms with Crippen LogP contribution in [0.3, 0.4) is 0 Å². The number of rotatable bonds is 2. The highest BCUT2D eigenvalue weighted by Gasteiger charge is 2.28. The summed E-state index contributed by atoms with van der Waals surface area (Å²) in [4.78, 5) is 25.4. The van der Waals surface area contributed by atoms with E-state index in [1.807, 2.05) is 6.92 Å². The molecule has 102 valence electrons. The molecule has 19 heavy (non-hydrogen) atoms. The zero-order valence-electron chi connectivity index (χ0n) is 10.9. The SMILES string of the molecule is CCC1CN(C(=O)Nc2cccc(Cl)c2)CCC1=O. The predicted octanol–water partition coefficient (Wildman–Crippen LogP) is 3.17. The first-order chi connectivity index (χ1) is 9.10. The lowest BCUT2D eigenvalue weighted by Crippen LogP contribution is -2.45. The van der Waals surface area contributed by atoms with Crippen molar-refractivity contribution in [1.29, 1.82) is 0 Å². The number of piperidine rings is 1. The average molecular weight is 281 g/mol. The van der Waals surface area contributed by atoms with Gasteiger partial charge in [0, 0.05) is 36.1 Å². The standard InChI is InChI=1S/C14H17ClN2O2/c1-2-10-9-17(7-6-13(10)18)14(19)16-12-5-3-4-11(15)8-12/h3-5,8,10H,2,6-7,9H2,1H3,(H,16,19). The third kappa shape index (κ3) is 3.47. The van der Waals surface area contributed by atoms with Crippen LogP contribution in [0.25, 0.3) is 0 Å². The van der Waals surface area contributed by atoms with Gasteiger partial charge in [-0.05, 0) is 24.6 Å². The summed E-state index contributed by atoms with van der Waals surface area (Å²) in [6.07, 6.45) is 1.22. The second-order valence-electron chi connectivity index (χ2n) is 4.71. The minimum Gasteiger partial charge on any atom is -0.323 e. The van der Waals surface area contributed by atoms with Crippen LogP contribution in [0, 0.1) is 5.92 Å². The highest BCUT2D eigenvalue weighted by Crippen LogP contribution is 2.19. The number of benzene rings is 1. The van der Waals surface area contributed by atoms with Crippen LogP contribution in [-0.2, 0) is 4.79 Å². The molecule has 5 heteroatoms. The number of likely N-dealkylation sites (tertiary alicyclic amines) is 1. The summed E-state index contributed by atoms with van der Waals surface area (Å²) < 4.78 is 0. The quantitative estimate of drug-likeness (QED) is 0.904. The van der Waals surface area contributed by atoms with Crippen molar-refractivity contribution in [2.75, 3.05) is 18.4 Å². The lowest BCUT2D eigenvalue weighted by molar-refractivity contribution is -0.125. The maximum absolute atomic E-state index is 12.1. The third-order valence-corrected chi connectivity index (χ3v) is 3.62. The fraction of sp³-hybridized carbons (Fsp3) is 0.429. The van der Waals surface area contributed by atoms with Gasteiger partial charge in [0.2, 0.25) is 0 Å². The van der Waals surface area contributed by atoms with Gasteiger partial charge in [-0.1, -0.05) is 24.6 Å². The van der Waals surface area contributed by atoms with Crippen molar-refractivity contribution in [3.8, 4) is 0 Å². The molecule has 1 aliphatic heterocycles. The molecule has 4 nitrogen and oxygen atoms in total. The number of hydrogen-bond acceptors (Lipinski definition) is 2. The number of ketones is 1. The number of anilines is 1. The average Bonchev–Trinajstić information content (AvgIpc) is 2.39. The van der Waals surface area contributed by atoms with E-state index in [-0.39, 0.29) is 17.7 Å². The maximum atomic E-state index is 12.1. The summed E-state index contributed by atoms with van der Waals surface area (Å²) in [6, 6.07) is 6.85. The fourth-order valence-electron chi connectivity index (χ4n) is 2.22. The molecule has 1 aliphatic rings. The predicted molar refractivity (Wildman–Crippen MR) is 75.4 cm³/mol. The van der Waals surface area contributed by atoms with E-state index in [1.54, 1.807) is 29.2 Å². The number of nitrogens with one attached hydrogen (secondary N) is 1. The van der Waals surface area contributed by atoms with Crippen molar-refractivity contribution in [1.82, 2.24) is 4.90 Å². The van der Waals surface area contributed by atoms with E-state index in [0.29, 0.717) is 30.2 Å². The number of carbonyl (C=O) groups excluding carboxylic acids is 2. The Morgan fingerprint density at radius 3 is 3.00 bits per heavy atom. The van der Waals surface area contributed by atoms with Crippen molar-refractivity contribution in [3.63, 3.8) is 0 Å². The Hall–Kier alpha value is -1.55. The molecule has 0 spiro atoms. The van der Waals surface area contributed by atoms with Crippen LogP contribution in [0.1, 0.15) is 19.8 Å². The number of carbonyl (C=O) groups is 2. The molecule has 1 fully saturated rings. The zero-order valence-corrected chi connectivity index (χ0v) is 11.6. The van der Waals surface area contributed by atoms with Crippen molar-refractivity contribution in [2.24, 2.45) is 5.92 Å². The van der Waals surface area contributed by atoms with Crippen molar-refractivity contribution in [2.45, 2.75) is 19.8 Å². The Labute approximate surface area is 117 Å². The second kappa shape index (κ2) is 6.06. The summed E-state index contributed by atoms with van der Waals surface area (Å²) in [6.45, 7) is 2.96. The van der Waals surface area contributed by atoms with Gasteiger partial charge in [-0.3, -0.25) is 4.79 Å². The van der Waals surface area contributed by atoms with Gasteiger partial charge in [-0.25, -0.2) is 4.79 Å². The molecular weight excluding hydrogens is 264 g/mol. The van der Waals surface area contributed by atoms with Gasteiger partial charge in [0.1, 0.15) is 5.78 Å². The lowest BCUT2D eigenvalue weighted by atomic mass is 9.94. The molecule has 2 amide bonds. The molecule has 1 aromatic carbocycles. The van der Waals surface area contributed by atoms with Crippen molar-refractivity contribution < 1.29 is 9.59 Å². The van der Waals surface area contributed by atoms with E-state index in [4.69, 9.17) is 11.6 Å². The zero-order chi connectivity index (χ0) is 13.8. The number of Topliss-reactive ketones (excluding diaryl/α,β-unsaturated/α-hetero) is 1. The highest BCUT2D eigenvalue weighted by atomic mass is 35.5. The van der Waals surface area contributed by atoms with E-state index in [9.17, 15) is 9.59 Å². The van der Waals surface area contributed by atoms with Crippen LogP contribution in [0.15, 0.2) is 24.3 Å². The molecule has 1 heterocycles. The molecular formula is C14H17ClN2O2. The summed E-state index contributed by atoms with van der Waals surface area (Å²) in [5.74, 6) is 0.230. The lowest BCUT2D eigenvalue weighted by Gasteiger charge is -2.31. The van der Waals surface area contributed by atoms with E-state index in [1.165, 1.54) is 0 Å². The summed E-state index contributed by atoms with van der Waals surface area (Å²) in [5, 5.41) is 3.38. The molecule has 0 aliphatic carbocycles. The molecule has 0 radical (unpaired) electrons. The highest BCUT2D eigenvalue weighted by molar-refractivity contribution is 6.30. The van der Waals surface area contributed by atoms with E-state index < -0.39 is 0 Å². The van der Waals surface area contributed by atoms with E-state index in [2.05, 4.69) is 5.32 Å². The monoisotopic (exact) mass is 280 g/mol. The van der Waals surface area contributed by atoms with Gasteiger partial charge in [0.25, 0.3) is 0 Å². The molecule has 1 N–H and O–H groups in total. The summed E-state index contributed by atoms with van der Waals surface area (Å²) in [5.41, 5.74) is 0.669. The van der Waals surface area contributed by atoms with E-state index in [0.717, 1.165) is 6.42 Å². The minimum absolute atomic E-state index is 0.0288. The Kier molecular flexibility index (Phi) is 4.43. The topological polar surface area (TPSA) is 49.4 Å². The number of urea groups is 1. The minimum atomic E-state index is -0.173. The second-order valence-corrected chi connectivity index (χ2v) is 5.14. The molecule has 0 saturated carbocycles. The van der Waals surface area contributed by atoms with E-state index >= 15 is 0 Å². The third-order valence-electron chi connectivity index (χ3n) is 3.38. The largest absolute Gasteiger partial charge is 0.323 e. The van der Waals surface area contributed by atoms with Gasteiger partial charge in [0.15, 0.2) is 0 Å². The molecule has 1 aromatic rings. The first-order valence-electron chi connectivity index (χ1n) is 6.44. The maximum Gasteiger partial charge on any atom is 0.321 e. The molecule has 1 saturated heterocycles. The Morgan fingerprint density at radius 1 is 1.53 bits per heavy atom. The summed E-state index contributed by atoms with van der Waals surface area (Å²) >= 11 is 5.87. The van der Waals surface area contributed by atoms with Crippen LogP contribution >= 0.6 is 11.6 Å². The summed E-state index contributed by atoms with van der Waals surface area (Å²) in [7, 11) is 0. The van der Waals surface area contributed by atoms with Crippen LogP contribution in [-0.4, -0.2) is 29.8 Å². The Bertz CT molecular complexity index is 490. The number of amides is 2. The Morgan fingerprint density at radius 2 is 2.32 bits per heavy atom. The molecule has 1 atom stereocenters. The van der Waals surface area contributed by atoms with Crippen LogP contribution < -0.4 is 5.32 Å². The number of nitrogens with zero attached hydrogens (tertiary/aromatic N) is 1. The first-order valence-corrected chi connectivity index (χ1v) is 6.82. The molecule has 0 aromatic heterocycles. The fourth-order valence-corrected chi connectivity index (χ4v) is 2.41. The first kappa shape index (κ1) is 13.9. The molecule has 2 rings (SSSR count). The normalized spacial score (nSPS) is 19.4. The molecule has 0 bridgehead atoms. The van der Waals surface area contributed by atoms with Crippen molar-refractivity contribution >= 4 is 29.1 Å². The van der Waals surface area contributed by atoms with Crippen molar-refractivity contribution in [3.05, 3.63) is 29.3 Å². The smallest absolute Gasteiger partial charge is 0.321 e. The number of halogens is 1. The van der Waals surface area contributed by atoms with Gasteiger partial charge < -0.3 is 10.2 Å². The van der Waals surface area contributed by atoms with Gasteiger partial charge in [-0.2, -0.15) is 0 Å².